The van der Waals surface area contributed by atoms with Gasteiger partial charge < -0.3 is 19.2 Å². The molecule has 3 rings (SSSR count). The van der Waals surface area contributed by atoms with Crippen LogP contribution in [0.4, 0.5) is 0 Å². The minimum atomic E-state index is 0.0613. The van der Waals surface area contributed by atoms with E-state index >= 15 is 0 Å². The minimum absolute atomic E-state index is 0.0613. The molecule has 31 heavy (non-hydrogen) atoms. The molecule has 0 fully saturated rings. The molecule has 0 aliphatic rings. The number of hydrogen-bond acceptors (Lipinski definition) is 4. The Balaban J connectivity index is 1.30. The molecule has 2 aromatic carbocycles. The number of amides is 1. The molecule has 1 amide bonds. The van der Waals surface area contributed by atoms with E-state index in [0.717, 1.165) is 41.0 Å². The summed E-state index contributed by atoms with van der Waals surface area (Å²) in [5.74, 6) is 1.80. The molecule has 0 aliphatic carbocycles. The minimum Gasteiger partial charge on any atom is -0.493 e. The van der Waals surface area contributed by atoms with Gasteiger partial charge in [-0.15, -0.1) is 0 Å². The highest BCUT2D eigenvalue weighted by Gasteiger charge is 2.04. The molecule has 3 aromatic rings. The second-order valence-corrected chi connectivity index (χ2v) is 7.74. The fourth-order valence-electron chi connectivity index (χ4n) is 3.22. The molecule has 0 aliphatic heterocycles. The summed E-state index contributed by atoms with van der Waals surface area (Å²) >= 11 is 0. The van der Waals surface area contributed by atoms with Crippen LogP contribution < -0.4 is 10.1 Å². The third kappa shape index (κ3) is 7.95. The van der Waals surface area contributed by atoms with Gasteiger partial charge in [-0.3, -0.25) is 4.79 Å². The van der Waals surface area contributed by atoms with Gasteiger partial charge in [-0.1, -0.05) is 36.4 Å². The Morgan fingerprint density at radius 2 is 1.84 bits per heavy atom. The highest BCUT2D eigenvalue weighted by Crippen LogP contribution is 2.19. The summed E-state index contributed by atoms with van der Waals surface area (Å²) in [6.45, 7) is 6.19. The first-order chi connectivity index (χ1) is 15.1. The molecule has 0 spiro atoms. The standard InChI is InChI=1S/C26H31NO4/c1-20-11-12-21(2)25(15-20)31-13-4-3-10-26(28)27-17-22-7-5-8-23(16-22)18-29-19-24-9-6-14-30-24/h5-9,11-12,14-16H,3-4,10,13,17-19H2,1-2H3,(H,27,28). The van der Waals surface area contributed by atoms with Gasteiger partial charge in [-0.2, -0.15) is 0 Å². The van der Waals surface area contributed by atoms with E-state index in [1.54, 1.807) is 6.26 Å². The predicted molar refractivity (Wildman–Crippen MR) is 121 cm³/mol. The van der Waals surface area contributed by atoms with Gasteiger partial charge in [0.2, 0.25) is 5.91 Å². The molecule has 0 atom stereocenters. The number of aryl methyl sites for hydroxylation is 2. The molecule has 5 nitrogen and oxygen atoms in total. The summed E-state index contributed by atoms with van der Waals surface area (Å²) in [4.78, 5) is 12.1. The summed E-state index contributed by atoms with van der Waals surface area (Å²) in [6, 6.07) is 18.0. The van der Waals surface area contributed by atoms with Crippen LogP contribution in [-0.2, 0) is 29.3 Å². The SMILES string of the molecule is Cc1ccc(C)c(OCCCCC(=O)NCc2cccc(COCc3ccco3)c2)c1. The monoisotopic (exact) mass is 421 g/mol. The first kappa shape index (κ1) is 22.6. The van der Waals surface area contributed by atoms with Crippen molar-refractivity contribution in [1.82, 2.24) is 5.32 Å². The largest absolute Gasteiger partial charge is 0.493 e. The van der Waals surface area contributed by atoms with Crippen LogP contribution in [0.25, 0.3) is 0 Å². The molecule has 1 aromatic heterocycles. The maximum Gasteiger partial charge on any atom is 0.220 e. The lowest BCUT2D eigenvalue weighted by molar-refractivity contribution is -0.121. The fourth-order valence-corrected chi connectivity index (χ4v) is 3.22. The summed E-state index contributed by atoms with van der Waals surface area (Å²) < 4.78 is 16.8. The van der Waals surface area contributed by atoms with E-state index in [9.17, 15) is 4.79 Å². The molecule has 164 valence electrons. The second kappa shape index (κ2) is 12.0. The van der Waals surface area contributed by atoms with Gasteiger partial charge in [-0.05, 0) is 67.1 Å². The maximum atomic E-state index is 12.1. The lowest BCUT2D eigenvalue weighted by atomic mass is 10.1. The van der Waals surface area contributed by atoms with Crippen molar-refractivity contribution in [3.05, 3.63) is 88.9 Å². The fraction of sp³-hybridized carbons (Fsp3) is 0.346. The number of ether oxygens (including phenoxy) is 2. The number of hydrogen-bond donors (Lipinski definition) is 1. The quantitative estimate of drug-likeness (QED) is 0.394. The molecular formula is C26H31NO4. The predicted octanol–water partition coefficient (Wildman–Crippen LogP) is 5.48. The highest BCUT2D eigenvalue weighted by atomic mass is 16.5. The van der Waals surface area contributed by atoms with E-state index in [1.165, 1.54) is 5.56 Å². The summed E-state index contributed by atoms with van der Waals surface area (Å²) in [5, 5.41) is 2.99. The normalized spacial score (nSPS) is 10.8. The molecule has 0 unspecified atom stereocenters. The zero-order chi connectivity index (χ0) is 21.9. The van der Waals surface area contributed by atoms with Crippen molar-refractivity contribution in [3.8, 4) is 5.75 Å². The Morgan fingerprint density at radius 3 is 2.68 bits per heavy atom. The molecule has 0 saturated heterocycles. The number of benzene rings is 2. The van der Waals surface area contributed by atoms with Gasteiger partial charge in [0.05, 0.1) is 19.5 Å². The molecule has 5 heteroatoms. The van der Waals surface area contributed by atoms with E-state index in [2.05, 4.69) is 36.5 Å². The van der Waals surface area contributed by atoms with Gasteiger partial charge in [0.15, 0.2) is 0 Å². The summed E-state index contributed by atoms with van der Waals surface area (Å²) in [7, 11) is 0. The number of furan rings is 1. The molecular weight excluding hydrogens is 390 g/mol. The Labute approximate surface area is 184 Å². The van der Waals surface area contributed by atoms with Crippen molar-refractivity contribution in [3.63, 3.8) is 0 Å². The number of carbonyl (C=O) groups excluding carboxylic acids is 1. The van der Waals surface area contributed by atoms with Crippen molar-refractivity contribution in [2.75, 3.05) is 6.61 Å². The molecule has 0 bridgehead atoms. The third-order valence-corrected chi connectivity index (χ3v) is 4.97. The van der Waals surface area contributed by atoms with Crippen molar-refractivity contribution in [2.45, 2.75) is 52.9 Å². The topological polar surface area (TPSA) is 60.7 Å². The van der Waals surface area contributed by atoms with Crippen LogP contribution >= 0.6 is 0 Å². The first-order valence-electron chi connectivity index (χ1n) is 10.7. The average molecular weight is 422 g/mol. The van der Waals surface area contributed by atoms with Gasteiger partial charge in [-0.25, -0.2) is 0 Å². The second-order valence-electron chi connectivity index (χ2n) is 7.74. The van der Waals surface area contributed by atoms with Gasteiger partial charge in [0.25, 0.3) is 0 Å². The van der Waals surface area contributed by atoms with E-state index in [1.807, 2.05) is 37.3 Å². The average Bonchev–Trinajstić information content (AvgIpc) is 3.28. The Morgan fingerprint density at radius 1 is 0.968 bits per heavy atom. The van der Waals surface area contributed by atoms with Crippen molar-refractivity contribution >= 4 is 5.91 Å². The number of nitrogens with one attached hydrogen (secondary N) is 1. The molecule has 0 radical (unpaired) electrons. The lowest BCUT2D eigenvalue weighted by Gasteiger charge is -2.10. The van der Waals surface area contributed by atoms with Crippen molar-refractivity contribution < 1.29 is 18.7 Å². The Hall–Kier alpha value is -3.05. The Bertz CT molecular complexity index is 950. The maximum absolute atomic E-state index is 12.1. The molecule has 1 N–H and O–H groups in total. The van der Waals surface area contributed by atoms with Crippen molar-refractivity contribution in [1.29, 1.82) is 0 Å². The van der Waals surface area contributed by atoms with Crippen molar-refractivity contribution in [2.24, 2.45) is 0 Å². The van der Waals surface area contributed by atoms with E-state index in [0.29, 0.717) is 32.8 Å². The number of carbonyl (C=O) groups is 1. The van der Waals surface area contributed by atoms with Crippen LogP contribution in [0.5, 0.6) is 5.75 Å². The zero-order valence-electron chi connectivity index (χ0n) is 18.4. The van der Waals surface area contributed by atoms with E-state index < -0.39 is 0 Å². The lowest BCUT2D eigenvalue weighted by Crippen LogP contribution is -2.22. The van der Waals surface area contributed by atoms with Gasteiger partial charge in [0.1, 0.15) is 18.1 Å². The van der Waals surface area contributed by atoms with Crippen LogP contribution in [0, 0.1) is 13.8 Å². The van der Waals surface area contributed by atoms with Crippen LogP contribution in [0.1, 0.15) is 47.3 Å². The number of unbranched alkanes of at least 4 members (excludes halogenated alkanes) is 1. The zero-order valence-corrected chi connectivity index (χ0v) is 18.4. The molecule has 1 heterocycles. The van der Waals surface area contributed by atoms with E-state index in [-0.39, 0.29) is 5.91 Å². The van der Waals surface area contributed by atoms with Crippen LogP contribution in [0.2, 0.25) is 0 Å². The van der Waals surface area contributed by atoms with Crippen LogP contribution in [-0.4, -0.2) is 12.5 Å². The number of rotatable bonds is 12. The summed E-state index contributed by atoms with van der Waals surface area (Å²) in [6.07, 6.45) is 3.79. The smallest absolute Gasteiger partial charge is 0.220 e. The summed E-state index contributed by atoms with van der Waals surface area (Å²) in [5.41, 5.74) is 4.46. The highest BCUT2D eigenvalue weighted by molar-refractivity contribution is 5.75. The third-order valence-electron chi connectivity index (χ3n) is 4.97. The van der Waals surface area contributed by atoms with E-state index in [4.69, 9.17) is 13.9 Å². The van der Waals surface area contributed by atoms with Gasteiger partial charge >= 0.3 is 0 Å². The van der Waals surface area contributed by atoms with Crippen LogP contribution in [0.3, 0.4) is 0 Å². The Kier molecular flexibility index (Phi) is 8.73. The van der Waals surface area contributed by atoms with Crippen LogP contribution in [0.15, 0.2) is 65.3 Å². The molecule has 0 saturated carbocycles. The van der Waals surface area contributed by atoms with Gasteiger partial charge in [0, 0.05) is 13.0 Å². The first-order valence-corrected chi connectivity index (χ1v) is 10.7.